The number of hydrogen-bond donors (Lipinski definition) is 2. The lowest BCUT2D eigenvalue weighted by atomic mass is 9.86. The fraction of sp³-hybridized carbons (Fsp3) is 0.600. The summed E-state index contributed by atoms with van der Waals surface area (Å²) in [4.78, 5) is 0. The Labute approximate surface area is 118 Å². The minimum absolute atomic E-state index is 0.0992. The summed E-state index contributed by atoms with van der Waals surface area (Å²) in [5.74, 6) is 0.440. The molecule has 2 atom stereocenters. The van der Waals surface area contributed by atoms with Gasteiger partial charge in [-0.3, -0.25) is 0 Å². The lowest BCUT2D eigenvalue weighted by Crippen LogP contribution is -2.33. The summed E-state index contributed by atoms with van der Waals surface area (Å²) in [6.07, 6.45) is 4.49. The third-order valence-electron chi connectivity index (χ3n) is 3.83. The van der Waals surface area contributed by atoms with Crippen molar-refractivity contribution in [3.05, 3.63) is 33.8 Å². The van der Waals surface area contributed by atoms with Crippen molar-refractivity contribution in [3.8, 4) is 0 Å². The van der Waals surface area contributed by atoms with Gasteiger partial charge in [-0.1, -0.05) is 40.9 Å². The highest BCUT2D eigenvalue weighted by Gasteiger charge is 2.22. The Kier molecular flexibility index (Phi) is 5.22. The van der Waals surface area contributed by atoms with Crippen LogP contribution in [0, 0.1) is 12.8 Å². The summed E-state index contributed by atoms with van der Waals surface area (Å²) < 4.78 is 1.16. The first kappa shape index (κ1) is 14.0. The molecule has 2 rings (SSSR count). The van der Waals surface area contributed by atoms with Crippen LogP contribution in [0.3, 0.4) is 0 Å². The molecule has 0 aromatic heterocycles. The van der Waals surface area contributed by atoms with Crippen LogP contribution >= 0.6 is 15.9 Å². The Hall–Kier alpha value is -0.380. The first-order chi connectivity index (χ1) is 8.66. The second kappa shape index (κ2) is 6.69. The minimum atomic E-state index is -0.0992. The van der Waals surface area contributed by atoms with Crippen LogP contribution in [0.15, 0.2) is 22.7 Å². The largest absolute Gasteiger partial charge is 0.393 e. The molecule has 18 heavy (non-hydrogen) atoms. The van der Waals surface area contributed by atoms with E-state index in [0.29, 0.717) is 5.92 Å². The molecule has 1 aromatic rings. The third-order valence-corrected chi connectivity index (χ3v) is 4.72. The monoisotopic (exact) mass is 311 g/mol. The van der Waals surface area contributed by atoms with Gasteiger partial charge in [0.25, 0.3) is 0 Å². The van der Waals surface area contributed by atoms with Gasteiger partial charge in [-0.2, -0.15) is 0 Å². The summed E-state index contributed by atoms with van der Waals surface area (Å²) in [6, 6.07) is 6.44. The fourth-order valence-electron chi connectivity index (χ4n) is 2.64. The van der Waals surface area contributed by atoms with Crippen LogP contribution in [0.2, 0.25) is 0 Å². The van der Waals surface area contributed by atoms with Gasteiger partial charge in [0, 0.05) is 17.6 Å². The second-order valence-electron chi connectivity index (χ2n) is 5.33. The zero-order valence-corrected chi connectivity index (χ0v) is 12.5. The van der Waals surface area contributed by atoms with E-state index >= 15 is 0 Å². The van der Waals surface area contributed by atoms with Gasteiger partial charge in [-0.05, 0) is 42.9 Å². The summed E-state index contributed by atoms with van der Waals surface area (Å²) >= 11 is 3.51. The second-order valence-corrected chi connectivity index (χ2v) is 6.18. The number of nitrogens with one attached hydrogen (secondary N) is 1. The van der Waals surface area contributed by atoms with Crippen molar-refractivity contribution < 1.29 is 5.11 Å². The topological polar surface area (TPSA) is 32.3 Å². The predicted octanol–water partition coefficient (Wildman–Crippen LogP) is 3.40. The Morgan fingerprint density at radius 1 is 1.33 bits per heavy atom. The van der Waals surface area contributed by atoms with E-state index in [2.05, 4.69) is 46.4 Å². The van der Waals surface area contributed by atoms with Crippen molar-refractivity contribution in [2.75, 3.05) is 6.54 Å². The molecule has 0 bridgehead atoms. The molecule has 1 aromatic carbocycles. The number of halogens is 1. The zero-order valence-electron chi connectivity index (χ0n) is 11.0. The SMILES string of the molecule is Cc1cc(CNCC2CCCCC2O)ccc1Br. The van der Waals surface area contributed by atoms with Crippen molar-refractivity contribution >= 4 is 15.9 Å². The Morgan fingerprint density at radius 2 is 2.11 bits per heavy atom. The zero-order chi connectivity index (χ0) is 13.0. The van der Waals surface area contributed by atoms with E-state index in [1.165, 1.54) is 24.0 Å². The van der Waals surface area contributed by atoms with Crippen molar-refractivity contribution in [1.29, 1.82) is 0 Å². The van der Waals surface area contributed by atoms with Crippen molar-refractivity contribution in [2.24, 2.45) is 5.92 Å². The number of aliphatic hydroxyl groups is 1. The van der Waals surface area contributed by atoms with Crippen molar-refractivity contribution in [1.82, 2.24) is 5.32 Å². The molecule has 2 N–H and O–H groups in total. The molecule has 1 saturated carbocycles. The van der Waals surface area contributed by atoms with Gasteiger partial charge in [-0.15, -0.1) is 0 Å². The van der Waals surface area contributed by atoms with Crippen molar-refractivity contribution in [3.63, 3.8) is 0 Å². The van der Waals surface area contributed by atoms with Crippen LogP contribution in [-0.2, 0) is 6.54 Å². The number of aliphatic hydroxyl groups excluding tert-OH is 1. The Bertz CT molecular complexity index is 394. The highest BCUT2D eigenvalue weighted by Crippen LogP contribution is 2.23. The Balaban J connectivity index is 1.79. The molecule has 0 saturated heterocycles. The molecule has 0 heterocycles. The van der Waals surface area contributed by atoms with E-state index < -0.39 is 0 Å². The maximum Gasteiger partial charge on any atom is 0.0580 e. The molecule has 1 aliphatic carbocycles. The van der Waals surface area contributed by atoms with Crippen LogP contribution in [-0.4, -0.2) is 17.8 Å². The van der Waals surface area contributed by atoms with Gasteiger partial charge in [-0.25, -0.2) is 0 Å². The maximum absolute atomic E-state index is 9.90. The summed E-state index contributed by atoms with van der Waals surface area (Å²) in [7, 11) is 0. The standard InChI is InChI=1S/C15H22BrNO/c1-11-8-12(6-7-14(11)16)9-17-10-13-4-2-3-5-15(13)18/h6-8,13,15,17-18H,2-5,9-10H2,1H3. The van der Waals surface area contributed by atoms with E-state index in [0.717, 1.165) is 30.4 Å². The molecule has 0 radical (unpaired) electrons. The highest BCUT2D eigenvalue weighted by atomic mass is 79.9. The molecule has 1 fully saturated rings. The van der Waals surface area contributed by atoms with Gasteiger partial charge in [0.15, 0.2) is 0 Å². The van der Waals surface area contributed by atoms with Crippen LogP contribution in [0.5, 0.6) is 0 Å². The summed E-state index contributed by atoms with van der Waals surface area (Å²) in [5, 5.41) is 13.4. The quantitative estimate of drug-likeness (QED) is 0.893. The van der Waals surface area contributed by atoms with Crippen molar-refractivity contribution in [2.45, 2.75) is 45.3 Å². The molecule has 2 nitrogen and oxygen atoms in total. The van der Waals surface area contributed by atoms with Gasteiger partial charge in [0.1, 0.15) is 0 Å². The molecule has 100 valence electrons. The molecule has 0 aliphatic heterocycles. The summed E-state index contributed by atoms with van der Waals surface area (Å²) in [5.41, 5.74) is 2.58. The van der Waals surface area contributed by atoms with Gasteiger partial charge < -0.3 is 10.4 Å². The fourth-order valence-corrected chi connectivity index (χ4v) is 2.89. The number of hydrogen-bond acceptors (Lipinski definition) is 2. The van der Waals surface area contributed by atoms with E-state index in [-0.39, 0.29) is 6.10 Å². The molecular formula is C15H22BrNO. The average molecular weight is 312 g/mol. The molecular weight excluding hydrogens is 290 g/mol. The van der Waals surface area contributed by atoms with E-state index in [1.807, 2.05) is 0 Å². The predicted molar refractivity (Wildman–Crippen MR) is 78.6 cm³/mol. The van der Waals surface area contributed by atoms with Gasteiger partial charge in [0.2, 0.25) is 0 Å². The van der Waals surface area contributed by atoms with E-state index in [1.54, 1.807) is 0 Å². The number of aryl methyl sites for hydroxylation is 1. The minimum Gasteiger partial charge on any atom is -0.393 e. The van der Waals surface area contributed by atoms with E-state index in [9.17, 15) is 5.11 Å². The van der Waals surface area contributed by atoms with Crippen LogP contribution in [0.4, 0.5) is 0 Å². The Morgan fingerprint density at radius 3 is 2.83 bits per heavy atom. The first-order valence-electron chi connectivity index (χ1n) is 6.80. The van der Waals surface area contributed by atoms with Crippen LogP contribution in [0.1, 0.15) is 36.8 Å². The van der Waals surface area contributed by atoms with Gasteiger partial charge >= 0.3 is 0 Å². The van der Waals surface area contributed by atoms with Gasteiger partial charge in [0.05, 0.1) is 6.10 Å². The molecule has 1 aliphatic rings. The molecule has 0 amide bonds. The third kappa shape index (κ3) is 3.81. The summed E-state index contributed by atoms with van der Waals surface area (Å²) in [6.45, 7) is 3.92. The lowest BCUT2D eigenvalue weighted by molar-refractivity contribution is 0.0695. The van der Waals surface area contributed by atoms with E-state index in [4.69, 9.17) is 0 Å². The average Bonchev–Trinajstić information content (AvgIpc) is 2.36. The molecule has 2 unspecified atom stereocenters. The molecule has 0 spiro atoms. The maximum atomic E-state index is 9.90. The normalized spacial score (nSPS) is 24.2. The number of benzene rings is 1. The highest BCUT2D eigenvalue weighted by molar-refractivity contribution is 9.10. The van der Waals surface area contributed by atoms with Crippen LogP contribution in [0.25, 0.3) is 0 Å². The number of rotatable bonds is 4. The molecule has 3 heteroatoms. The first-order valence-corrected chi connectivity index (χ1v) is 7.60. The smallest absolute Gasteiger partial charge is 0.0580 e. The lowest BCUT2D eigenvalue weighted by Gasteiger charge is -2.27. The van der Waals surface area contributed by atoms with Crippen LogP contribution < -0.4 is 5.32 Å².